The largest absolute Gasteiger partial charge is 0.493 e. The number of carbonyl (C=O) groups excluding carboxylic acids is 1. The first-order valence-corrected chi connectivity index (χ1v) is 9.57. The Morgan fingerprint density at radius 1 is 1.31 bits per heavy atom. The molecule has 1 aromatic heterocycles. The minimum absolute atomic E-state index is 0.127. The molecule has 2 heterocycles. The first-order valence-electron chi connectivity index (χ1n) is 9.57. The van der Waals surface area contributed by atoms with Crippen molar-refractivity contribution in [2.24, 2.45) is 5.92 Å². The molecule has 0 saturated carbocycles. The Kier molecular flexibility index (Phi) is 6.43. The molecule has 32 heavy (non-hydrogen) atoms. The maximum absolute atomic E-state index is 14.3. The lowest BCUT2D eigenvalue weighted by molar-refractivity contribution is -0.272. The van der Waals surface area contributed by atoms with Gasteiger partial charge >= 0.3 is 6.18 Å². The van der Waals surface area contributed by atoms with Crippen LogP contribution in [0.5, 0.6) is 5.75 Å². The molecule has 1 aromatic carbocycles. The van der Waals surface area contributed by atoms with Gasteiger partial charge in [-0.25, -0.2) is 4.39 Å². The van der Waals surface area contributed by atoms with E-state index in [4.69, 9.17) is 9.47 Å². The molecule has 0 aliphatic carbocycles. The van der Waals surface area contributed by atoms with E-state index in [-0.39, 0.29) is 16.9 Å². The number of aromatic nitrogens is 1. The summed E-state index contributed by atoms with van der Waals surface area (Å²) in [6.45, 7) is 1.62. The number of halogens is 5. The van der Waals surface area contributed by atoms with Crippen LogP contribution in [0.2, 0.25) is 0 Å². The predicted octanol–water partition coefficient (Wildman–Crippen LogP) is 3.94. The minimum atomic E-state index is -4.85. The number of pyridine rings is 1. The zero-order valence-electron chi connectivity index (χ0n) is 17.3. The van der Waals surface area contributed by atoms with E-state index in [0.29, 0.717) is 0 Å². The third-order valence-electron chi connectivity index (χ3n) is 5.82. The Hall–Kier alpha value is -2.79. The topological polar surface area (TPSA) is 80.7 Å². The second kappa shape index (κ2) is 8.62. The van der Waals surface area contributed by atoms with Gasteiger partial charge in [-0.05, 0) is 25.1 Å². The molecule has 11 heteroatoms. The Labute approximate surface area is 180 Å². The van der Waals surface area contributed by atoms with Crippen molar-refractivity contribution in [1.29, 1.82) is 0 Å². The summed E-state index contributed by atoms with van der Waals surface area (Å²) >= 11 is 0. The predicted molar refractivity (Wildman–Crippen MR) is 103 cm³/mol. The van der Waals surface area contributed by atoms with Crippen molar-refractivity contribution in [3.63, 3.8) is 0 Å². The van der Waals surface area contributed by atoms with Crippen molar-refractivity contribution in [3.8, 4) is 5.75 Å². The summed E-state index contributed by atoms with van der Waals surface area (Å²) in [4.78, 5) is 16.9. The molecule has 1 aliphatic heterocycles. The van der Waals surface area contributed by atoms with Gasteiger partial charge < -0.3 is 19.9 Å². The maximum Gasteiger partial charge on any atom is 0.417 e. The van der Waals surface area contributed by atoms with Crippen molar-refractivity contribution in [3.05, 3.63) is 53.4 Å². The molecule has 0 radical (unpaired) electrons. The van der Waals surface area contributed by atoms with Crippen molar-refractivity contribution in [1.82, 2.24) is 4.98 Å². The third-order valence-corrected chi connectivity index (χ3v) is 5.82. The molecule has 2 aromatic rings. The Morgan fingerprint density at radius 2 is 2.00 bits per heavy atom. The molecule has 1 aliphatic rings. The van der Waals surface area contributed by atoms with Gasteiger partial charge in [-0.2, -0.15) is 17.6 Å². The number of carbonyl (C=O) groups is 1. The van der Waals surface area contributed by atoms with E-state index in [0.717, 1.165) is 26.2 Å². The lowest BCUT2D eigenvalue weighted by Crippen LogP contribution is -2.47. The quantitative estimate of drug-likeness (QED) is 0.661. The van der Waals surface area contributed by atoms with Crippen molar-refractivity contribution < 1.29 is 41.3 Å². The zero-order valence-corrected chi connectivity index (χ0v) is 17.3. The fourth-order valence-corrected chi connectivity index (χ4v) is 3.90. The highest BCUT2D eigenvalue weighted by molar-refractivity contribution is 5.95. The van der Waals surface area contributed by atoms with E-state index >= 15 is 0 Å². The molecule has 1 fully saturated rings. The first-order chi connectivity index (χ1) is 14.9. The van der Waals surface area contributed by atoms with Crippen LogP contribution in [0.3, 0.4) is 0 Å². The monoisotopic (exact) mass is 460 g/mol. The number of aliphatic hydroxyl groups is 1. The van der Waals surface area contributed by atoms with E-state index in [9.17, 15) is 31.9 Å². The number of hydrogen-bond donors (Lipinski definition) is 2. The summed E-state index contributed by atoms with van der Waals surface area (Å²) in [5, 5.41) is 11.6. The maximum atomic E-state index is 14.3. The Bertz CT molecular complexity index is 1020. The summed E-state index contributed by atoms with van der Waals surface area (Å²) in [7, 11) is 1.05. The third kappa shape index (κ3) is 4.02. The van der Waals surface area contributed by atoms with Crippen LogP contribution in [0.4, 0.5) is 27.6 Å². The molecule has 0 spiro atoms. The smallest absolute Gasteiger partial charge is 0.417 e. The molecular weight excluding hydrogens is 439 g/mol. The second-order valence-electron chi connectivity index (χ2n) is 7.62. The molecule has 4 atom stereocenters. The van der Waals surface area contributed by atoms with Crippen LogP contribution in [0.1, 0.15) is 31.0 Å². The van der Waals surface area contributed by atoms with Crippen molar-refractivity contribution >= 4 is 11.6 Å². The number of anilines is 1. The molecule has 1 unspecified atom stereocenters. The van der Waals surface area contributed by atoms with Crippen LogP contribution in [-0.4, -0.2) is 41.0 Å². The molecule has 1 saturated heterocycles. The zero-order chi connectivity index (χ0) is 23.8. The number of hydrogen-bond acceptors (Lipinski definition) is 5. The number of methoxy groups -OCH3 is 1. The normalized spacial score (nSPS) is 25.6. The lowest BCUT2D eigenvalue weighted by atomic mass is 9.77. The number of ether oxygens (including phenoxy) is 2. The molecule has 6 nitrogen and oxygen atoms in total. The van der Waals surface area contributed by atoms with Crippen LogP contribution in [-0.2, 0) is 16.1 Å². The van der Waals surface area contributed by atoms with Crippen LogP contribution in [0.25, 0.3) is 0 Å². The highest BCUT2D eigenvalue weighted by Gasteiger charge is 2.65. The highest BCUT2D eigenvalue weighted by atomic mass is 19.4. The molecule has 1 amide bonds. The second-order valence-corrected chi connectivity index (χ2v) is 7.62. The van der Waals surface area contributed by atoms with Gasteiger partial charge in [0.15, 0.2) is 17.2 Å². The number of amides is 1. The SMILES string of the molecule is COc1c([C@H]2C(C(=O)Nc3ccnc(CO)c3)O[C@@](C)(C(F)(F)F)[C@H]2C)ccc(F)c1F. The van der Waals surface area contributed by atoms with E-state index in [2.05, 4.69) is 10.3 Å². The van der Waals surface area contributed by atoms with Crippen LogP contribution < -0.4 is 10.1 Å². The van der Waals surface area contributed by atoms with Gasteiger partial charge in [-0.15, -0.1) is 0 Å². The standard InChI is InChI=1S/C21H21F5N2O4/c1-10-15(13-4-5-14(22)16(23)17(13)31-3)18(32-20(10,2)21(24,25)26)19(30)28-11-6-7-27-12(8-11)9-29/h4-8,10,15,18,29H,9H2,1-3H3,(H,27,28,30)/t10-,15-,18?,20+/m0/s1. The summed E-state index contributed by atoms with van der Waals surface area (Å²) < 4.78 is 80.0. The number of aliphatic hydroxyl groups excluding tert-OH is 1. The molecular formula is C21H21F5N2O4. The number of alkyl halides is 3. The Balaban J connectivity index is 2.07. The Morgan fingerprint density at radius 3 is 2.59 bits per heavy atom. The lowest BCUT2D eigenvalue weighted by Gasteiger charge is -2.32. The van der Waals surface area contributed by atoms with Gasteiger partial charge in [0.1, 0.15) is 6.10 Å². The van der Waals surface area contributed by atoms with Crippen molar-refractivity contribution in [2.45, 2.75) is 44.3 Å². The minimum Gasteiger partial charge on any atom is -0.493 e. The van der Waals surface area contributed by atoms with Crippen LogP contribution in [0.15, 0.2) is 30.5 Å². The molecule has 3 rings (SSSR count). The highest BCUT2D eigenvalue weighted by Crippen LogP contribution is 2.54. The molecule has 174 valence electrons. The number of rotatable bonds is 5. The van der Waals surface area contributed by atoms with Gasteiger partial charge in [0.2, 0.25) is 5.82 Å². The summed E-state index contributed by atoms with van der Waals surface area (Å²) in [6, 6.07) is 4.56. The summed E-state index contributed by atoms with van der Waals surface area (Å²) in [5.74, 6) is -6.82. The molecule has 2 N–H and O–H groups in total. The summed E-state index contributed by atoms with van der Waals surface area (Å²) in [5.41, 5.74) is -2.48. The molecule has 0 bridgehead atoms. The average Bonchev–Trinajstić information content (AvgIpc) is 3.02. The van der Waals surface area contributed by atoms with E-state index in [1.54, 1.807) is 0 Å². The number of nitrogens with one attached hydrogen (secondary N) is 1. The van der Waals surface area contributed by atoms with E-state index in [1.165, 1.54) is 25.3 Å². The van der Waals surface area contributed by atoms with E-state index in [1.807, 2.05) is 0 Å². The van der Waals surface area contributed by atoms with Gasteiger partial charge in [0, 0.05) is 29.3 Å². The first kappa shape index (κ1) is 23.9. The van der Waals surface area contributed by atoms with Gasteiger partial charge in [0.25, 0.3) is 5.91 Å². The van der Waals surface area contributed by atoms with E-state index < -0.39 is 59.6 Å². The van der Waals surface area contributed by atoms with Crippen LogP contribution in [0, 0.1) is 17.6 Å². The van der Waals surface area contributed by atoms with Gasteiger partial charge in [-0.1, -0.05) is 13.0 Å². The van der Waals surface area contributed by atoms with Gasteiger partial charge in [0.05, 0.1) is 19.4 Å². The number of nitrogens with zero attached hydrogens (tertiary/aromatic N) is 1. The van der Waals surface area contributed by atoms with Crippen LogP contribution >= 0.6 is 0 Å². The fraction of sp³-hybridized carbons (Fsp3) is 0.429. The fourth-order valence-electron chi connectivity index (χ4n) is 3.90. The number of benzene rings is 1. The average molecular weight is 460 g/mol. The summed E-state index contributed by atoms with van der Waals surface area (Å²) in [6.07, 6.45) is -5.26. The van der Waals surface area contributed by atoms with Crippen molar-refractivity contribution in [2.75, 3.05) is 12.4 Å². The van der Waals surface area contributed by atoms with Gasteiger partial charge in [-0.3, -0.25) is 9.78 Å².